The van der Waals surface area contributed by atoms with E-state index in [1.807, 2.05) is 18.5 Å². The summed E-state index contributed by atoms with van der Waals surface area (Å²) in [5.41, 5.74) is 2.04. The number of aromatic nitrogens is 2. The number of carbonyl (C=O) groups excluding carboxylic acids is 2. The summed E-state index contributed by atoms with van der Waals surface area (Å²) >= 11 is 1.16. The van der Waals surface area contributed by atoms with Crippen LogP contribution in [0.25, 0.3) is 11.3 Å². The van der Waals surface area contributed by atoms with E-state index in [0.717, 1.165) is 107 Å². The number of alkyl carbamates (subject to hydrolysis) is 1. The van der Waals surface area contributed by atoms with Gasteiger partial charge in [0.1, 0.15) is 0 Å². The minimum Gasteiger partial charge on any atom is -0.449 e. The van der Waals surface area contributed by atoms with Crippen molar-refractivity contribution in [1.82, 2.24) is 34.1 Å². The molecule has 4 aliphatic rings. The van der Waals surface area contributed by atoms with Crippen LogP contribution in [-0.2, 0) is 45.2 Å². The van der Waals surface area contributed by atoms with Crippen molar-refractivity contribution in [2.45, 2.75) is 101 Å². The lowest BCUT2D eigenvalue weighted by Crippen LogP contribution is -2.45. The number of amides is 2. The fourth-order valence-electron chi connectivity index (χ4n) is 8.18. The Labute approximate surface area is 327 Å². The number of fused-ring (bicyclic) bond motifs is 1. The van der Waals surface area contributed by atoms with E-state index in [2.05, 4.69) is 20.0 Å². The molecule has 306 valence electrons. The molecule has 3 fully saturated rings. The lowest BCUT2D eigenvalue weighted by atomic mass is 10.0. The van der Waals surface area contributed by atoms with Gasteiger partial charge in [0.25, 0.3) is 0 Å². The van der Waals surface area contributed by atoms with Gasteiger partial charge in [-0.15, -0.1) is 11.8 Å². The highest BCUT2D eigenvalue weighted by Crippen LogP contribution is 2.40. The summed E-state index contributed by atoms with van der Waals surface area (Å²) in [4.78, 5) is 31.1. The van der Waals surface area contributed by atoms with Crippen molar-refractivity contribution in [3.05, 3.63) is 35.0 Å². The molecule has 2 amide bonds. The zero-order valence-corrected chi connectivity index (χ0v) is 33.9. The fraction of sp³-hybridized carbons (Fsp3) is 0.711. The second-order valence-electron chi connectivity index (χ2n) is 15.8. The van der Waals surface area contributed by atoms with E-state index in [1.165, 1.54) is 16.6 Å². The number of aryl methyl sites for hydroxylation is 1. The first-order valence-corrected chi connectivity index (χ1v) is 22.5. The molecular formula is C38H56F3N7O5S2. The van der Waals surface area contributed by atoms with Crippen LogP contribution in [0.3, 0.4) is 0 Å². The molecule has 0 atom stereocenters. The number of halogens is 3. The van der Waals surface area contributed by atoms with Crippen molar-refractivity contribution >= 4 is 33.8 Å². The number of nitrogens with one attached hydrogen (secondary N) is 1. The molecule has 3 saturated heterocycles. The Hall–Kier alpha value is -2.86. The van der Waals surface area contributed by atoms with Crippen LogP contribution in [0.1, 0.15) is 75.6 Å². The van der Waals surface area contributed by atoms with Gasteiger partial charge in [-0.05, 0) is 63.1 Å². The molecule has 17 heteroatoms. The first-order valence-electron chi connectivity index (χ1n) is 19.7. The number of likely N-dealkylation sites (tertiary alicyclic amines) is 3. The average molecular weight is 812 g/mol. The lowest BCUT2D eigenvalue weighted by Gasteiger charge is -2.36. The van der Waals surface area contributed by atoms with Gasteiger partial charge in [0.15, 0.2) is 0 Å². The Morgan fingerprint density at radius 1 is 1.00 bits per heavy atom. The molecule has 55 heavy (non-hydrogen) atoms. The number of alkyl halides is 3. The molecule has 0 spiro atoms. The Morgan fingerprint density at radius 3 is 2.36 bits per heavy atom. The summed E-state index contributed by atoms with van der Waals surface area (Å²) in [7, 11) is -3.50. The number of nitrogens with zero attached hydrogens (tertiary/aromatic N) is 6. The van der Waals surface area contributed by atoms with Crippen molar-refractivity contribution in [2.24, 2.45) is 5.92 Å². The summed E-state index contributed by atoms with van der Waals surface area (Å²) < 4.78 is 76.7. The highest BCUT2D eigenvalue weighted by molar-refractivity contribution is 7.99. The first kappa shape index (κ1) is 41.8. The molecule has 1 aromatic heterocycles. The van der Waals surface area contributed by atoms with Gasteiger partial charge in [0, 0.05) is 111 Å². The van der Waals surface area contributed by atoms with E-state index in [4.69, 9.17) is 9.84 Å². The molecule has 0 aliphatic carbocycles. The number of benzene rings is 1. The van der Waals surface area contributed by atoms with Crippen molar-refractivity contribution in [1.29, 1.82) is 0 Å². The third-order valence-electron chi connectivity index (χ3n) is 11.2. The minimum absolute atomic E-state index is 0.00616. The molecule has 1 aromatic carbocycles. The van der Waals surface area contributed by atoms with Gasteiger partial charge in [0.05, 0.1) is 24.1 Å². The van der Waals surface area contributed by atoms with E-state index in [-0.39, 0.29) is 29.3 Å². The van der Waals surface area contributed by atoms with E-state index in [1.54, 1.807) is 6.07 Å². The normalized spacial score (nSPS) is 20.1. The zero-order chi connectivity index (χ0) is 39.3. The molecule has 5 heterocycles. The van der Waals surface area contributed by atoms with Gasteiger partial charge < -0.3 is 24.8 Å². The van der Waals surface area contributed by atoms with Gasteiger partial charge >= 0.3 is 12.3 Å². The van der Waals surface area contributed by atoms with Gasteiger partial charge in [-0.25, -0.2) is 13.2 Å². The molecule has 0 saturated carbocycles. The van der Waals surface area contributed by atoms with Crippen molar-refractivity contribution in [3.8, 4) is 11.3 Å². The smallest absolute Gasteiger partial charge is 0.417 e. The van der Waals surface area contributed by atoms with Gasteiger partial charge in [-0.1, -0.05) is 19.9 Å². The summed E-state index contributed by atoms with van der Waals surface area (Å²) in [6.45, 7) is 11.0. The third kappa shape index (κ3) is 11.0. The van der Waals surface area contributed by atoms with Gasteiger partial charge in [-0.2, -0.15) is 22.6 Å². The second-order valence-corrected chi connectivity index (χ2v) is 18.9. The van der Waals surface area contributed by atoms with Crippen LogP contribution >= 0.6 is 11.8 Å². The monoisotopic (exact) mass is 811 g/mol. The third-order valence-corrected chi connectivity index (χ3v) is 13.5. The maximum atomic E-state index is 14.3. The standard InChI is InChI=1S/C38H56F3N7O5S2/c1-27(2)26-53-37(50)42-29-9-17-45(18-10-29)22-23-54-34-24-28(7-8-32(34)38(39,40)41)36-31-25-46(55(3,51)52)21-13-33(31)48(43-36)16-5-14-44-19-11-30(12-20-44)47-15-4-6-35(47)49/h7-8,24,27,29-30H,4-6,9-23,25-26H2,1-3H3,(H,42,50). The summed E-state index contributed by atoms with van der Waals surface area (Å²) in [6.07, 6.45) is 2.53. The summed E-state index contributed by atoms with van der Waals surface area (Å²) in [5, 5.41) is 7.88. The Morgan fingerprint density at radius 2 is 1.71 bits per heavy atom. The number of hydrogen-bond acceptors (Lipinski definition) is 9. The van der Waals surface area contributed by atoms with Crippen LogP contribution in [0, 0.1) is 5.92 Å². The van der Waals surface area contributed by atoms with E-state index < -0.39 is 27.9 Å². The topological polar surface area (TPSA) is 120 Å². The SMILES string of the molecule is CC(C)COC(=O)NC1CCN(CCSc2cc(-c3nn(CCCN4CCC(N5CCCC5=O)CC4)c4c3CN(S(C)(=O)=O)CC4)ccc2C(F)(F)F)CC1. The van der Waals surface area contributed by atoms with Crippen LogP contribution in [-0.4, -0.2) is 132 Å². The number of rotatable bonds is 14. The number of piperidine rings is 2. The van der Waals surface area contributed by atoms with Gasteiger partial charge in [0.2, 0.25) is 15.9 Å². The number of sulfonamides is 1. The van der Waals surface area contributed by atoms with Crippen molar-refractivity contribution < 1.29 is 35.9 Å². The van der Waals surface area contributed by atoms with Crippen LogP contribution in [0.15, 0.2) is 23.1 Å². The predicted octanol–water partition coefficient (Wildman–Crippen LogP) is 5.30. The number of carbonyl (C=O) groups is 2. The molecule has 12 nitrogen and oxygen atoms in total. The van der Waals surface area contributed by atoms with Crippen LogP contribution in [0.5, 0.6) is 0 Å². The molecule has 2 aromatic rings. The highest BCUT2D eigenvalue weighted by atomic mass is 32.2. The molecule has 0 bridgehead atoms. The molecule has 0 radical (unpaired) electrons. The summed E-state index contributed by atoms with van der Waals surface area (Å²) in [5.74, 6) is 0.969. The minimum atomic E-state index is -4.54. The quantitative estimate of drug-likeness (QED) is 0.254. The van der Waals surface area contributed by atoms with E-state index >= 15 is 0 Å². The maximum absolute atomic E-state index is 14.3. The predicted molar refractivity (Wildman–Crippen MR) is 206 cm³/mol. The number of ether oxygens (including phenoxy) is 1. The molecule has 4 aliphatic heterocycles. The van der Waals surface area contributed by atoms with Crippen LogP contribution in [0.2, 0.25) is 0 Å². The van der Waals surface area contributed by atoms with Crippen LogP contribution < -0.4 is 5.32 Å². The van der Waals surface area contributed by atoms with E-state index in [0.29, 0.717) is 62.1 Å². The number of hydrogen-bond donors (Lipinski definition) is 1. The zero-order valence-electron chi connectivity index (χ0n) is 32.3. The van der Waals surface area contributed by atoms with E-state index in [9.17, 15) is 31.2 Å². The van der Waals surface area contributed by atoms with Crippen molar-refractivity contribution in [2.75, 3.05) is 71.0 Å². The maximum Gasteiger partial charge on any atom is 0.417 e. The molecule has 0 unspecified atom stereocenters. The molecule has 1 N–H and O–H groups in total. The summed E-state index contributed by atoms with van der Waals surface area (Å²) in [6, 6.07) is 4.47. The Kier molecular flexibility index (Phi) is 13.8. The van der Waals surface area contributed by atoms with Crippen LogP contribution in [0.4, 0.5) is 18.0 Å². The molecule has 6 rings (SSSR count). The lowest BCUT2D eigenvalue weighted by molar-refractivity contribution is -0.139. The first-order chi connectivity index (χ1) is 26.2. The molecular weight excluding hydrogens is 756 g/mol. The van der Waals surface area contributed by atoms with Crippen molar-refractivity contribution in [3.63, 3.8) is 0 Å². The second kappa shape index (κ2) is 18.2. The average Bonchev–Trinajstić information content (AvgIpc) is 3.74. The largest absolute Gasteiger partial charge is 0.449 e. The Balaban J connectivity index is 1.11. The van der Waals surface area contributed by atoms with Gasteiger partial charge in [-0.3, -0.25) is 9.48 Å². The fourth-order valence-corrected chi connectivity index (χ4v) is 10.1. The highest BCUT2D eigenvalue weighted by Gasteiger charge is 2.36. The Bertz CT molecular complexity index is 1760. The number of thioether (sulfide) groups is 1.